The Morgan fingerprint density at radius 2 is 1.62 bits per heavy atom. The van der Waals surface area contributed by atoms with Gasteiger partial charge in [-0.1, -0.05) is 24.3 Å². The molecule has 0 radical (unpaired) electrons. The van der Waals surface area contributed by atoms with Gasteiger partial charge in [0.15, 0.2) is 0 Å². The van der Waals surface area contributed by atoms with Gasteiger partial charge in [0.1, 0.15) is 17.3 Å². The number of hydrogen-bond acceptors (Lipinski definition) is 3. The highest BCUT2D eigenvalue weighted by Crippen LogP contribution is 2.52. The predicted molar refractivity (Wildman–Crippen MR) is 125 cm³/mol. The second kappa shape index (κ2) is 8.31. The van der Waals surface area contributed by atoms with Crippen LogP contribution in [0.15, 0.2) is 48.5 Å². The van der Waals surface area contributed by atoms with E-state index in [1.54, 1.807) is 0 Å². The Balaban J connectivity index is 1.24. The molecule has 1 aliphatic carbocycles. The summed E-state index contributed by atoms with van der Waals surface area (Å²) in [4.78, 5) is 18.1. The van der Waals surface area contributed by atoms with E-state index >= 15 is 0 Å². The van der Waals surface area contributed by atoms with Crippen molar-refractivity contribution in [2.45, 2.75) is 51.2 Å². The molecule has 2 fully saturated rings. The van der Waals surface area contributed by atoms with E-state index in [2.05, 4.69) is 9.80 Å². The van der Waals surface area contributed by atoms with Gasteiger partial charge in [-0.15, -0.1) is 0 Å². The number of halogens is 2. The number of piperidine rings is 1. The quantitative estimate of drug-likeness (QED) is 0.534. The van der Waals surface area contributed by atoms with Crippen molar-refractivity contribution in [1.82, 2.24) is 19.6 Å². The van der Waals surface area contributed by atoms with Crippen LogP contribution in [0.25, 0.3) is 5.69 Å². The van der Waals surface area contributed by atoms with Crippen molar-refractivity contribution in [1.29, 1.82) is 0 Å². The van der Waals surface area contributed by atoms with Gasteiger partial charge in [0.2, 0.25) is 0 Å². The summed E-state index contributed by atoms with van der Waals surface area (Å²) < 4.78 is 30.1. The van der Waals surface area contributed by atoms with Crippen LogP contribution < -0.4 is 0 Å². The first-order valence-corrected chi connectivity index (χ1v) is 12.2. The van der Waals surface area contributed by atoms with Gasteiger partial charge in [-0.25, -0.2) is 13.5 Å². The Morgan fingerprint density at radius 1 is 0.941 bits per heavy atom. The third kappa shape index (κ3) is 3.54. The average molecular weight is 463 g/mol. The molecule has 0 bridgehead atoms. The van der Waals surface area contributed by atoms with Crippen molar-refractivity contribution < 1.29 is 13.6 Å². The molecule has 5 nitrogen and oxygen atoms in total. The molecule has 1 atom stereocenters. The largest absolute Gasteiger partial charge is 0.327 e. The zero-order chi connectivity index (χ0) is 23.4. The number of aromatic nitrogens is 2. The van der Waals surface area contributed by atoms with Crippen molar-refractivity contribution >= 4 is 5.91 Å². The molecule has 0 N–H and O–H groups in total. The van der Waals surface area contributed by atoms with Crippen LogP contribution in [0.5, 0.6) is 0 Å². The number of fused-ring (bicyclic) bond motifs is 1. The number of nitrogens with zero attached hydrogens (tertiary/aromatic N) is 4. The summed E-state index contributed by atoms with van der Waals surface area (Å²) in [7, 11) is 0. The normalized spacial score (nSPS) is 21.3. The van der Waals surface area contributed by atoms with Gasteiger partial charge in [-0.05, 0) is 62.8 Å². The van der Waals surface area contributed by atoms with E-state index in [4.69, 9.17) is 5.10 Å². The molecule has 3 heterocycles. The maximum absolute atomic E-state index is 14.1. The minimum absolute atomic E-state index is 0.0648. The van der Waals surface area contributed by atoms with Crippen LogP contribution in [0.2, 0.25) is 0 Å². The molecule has 34 heavy (non-hydrogen) atoms. The summed E-state index contributed by atoms with van der Waals surface area (Å²) in [6, 6.07) is 14.1. The van der Waals surface area contributed by atoms with Crippen LogP contribution in [0.3, 0.4) is 0 Å². The van der Waals surface area contributed by atoms with E-state index in [0.29, 0.717) is 24.7 Å². The second-order valence-electron chi connectivity index (χ2n) is 9.80. The number of para-hydroxylation sites is 1. The lowest BCUT2D eigenvalue weighted by molar-refractivity contribution is 0.0446. The van der Waals surface area contributed by atoms with E-state index in [1.807, 2.05) is 41.9 Å². The molecule has 1 saturated heterocycles. The number of likely N-dealkylation sites (tertiary alicyclic amines) is 1. The third-order valence-electron chi connectivity index (χ3n) is 7.60. The average Bonchev–Trinajstić information content (AvgIpc) is 3.56. The van der Waals surface area contributed by atoms with Crippen molar-refractivity contribution in [2.24, 2.45) is 5.92 Å². The molecule has 1 amide bonds. The fourth-order valence-corrected chi connectivity index (χ4v) is 5.77. The first-order valence-electron chi connectivity index (χ1n) is 12.2. The molecular formula is C27H28F2N4O. The smallest absolute Gasteiger partial charge is 0.273 e. The fourth-order valence-electron chi connectivity index (χ4n) is 5.77. The van der Waals surface area contributed by atoms with E-state index in [0.717, 1.165) is 42.6 Å². The Kier molecular flexibility index (Phi) is 5.25. The van der Waals surface area contributed by atoms with E-state index in [-0.39, 0.29) is 30.1 Å². The topological polar surface area (TPSA) is 41.4 Å². The number of aryl methyl sites for hydroxylation is 1. The molecule has 1 unspecified atom stereocenters. The van der Waals surface area contributed by atoms with Crippen LogP contribution in [-0.2, 0) is 6.54 Å². The van der Waals surface area contributed by atoms with Crippen LogP contribution in [0.1, 0.15) is 59.0 Å². The summed E-state index contributed by atoms with van der Waals surface area (Å²) in [5, 5.41) is 4.76. The van der Waals surface area contributed by atoms with E-state index in [9.17, 15) is 13.6 Å². The Bertz CT molecular complexity index is 1210. The lowest BCUT2D eigenvalue weighted by Crippen LogP contribution is -2.47. The third-order valence-corrected chi connectivity index (χ3v) is 7.60. The standard InChI is InChI=1S/C27H28F2N4O/c1-17-24-25(18-10-11-18)32(27(34)26(24)33(30-17)20-6-3-2-4-7-20)19-12-14-31(15-13-19)16-21-22(28)8-5-9-23(21)29/h2-9,18-19,25H,10-16H2,1H3. The van der Waals surface area contributed by atoms with Crippen LogP contribution in [0, 0.1) is 24.5 Å². The van der Waals surface area contributed by atoms with Crippen LogP contribution >= 0.6 is 0 Å². The van der Waals surface area contributed by atoms with E-state index < -0.39 is 11.6 Å². The molecule has 2 aliphatic heterocycles. The first-order chi connectivity index (χ1) is 16.5. The predicted octanol–water partition coefficient (Wildman–Crippen LogP) is 5.03. The van der Waals surface area contributed by atoms with Gasteiger partial charge in [-0.2, -0.15) is 5.10 Å². The molecule has 6 rings (SSSR count). The summed E-state index contributed by atoms with van der Waals surface area (Å²) >= 11 is 0. The molecule has 176 valence electrons. The van der Waals surface area contributed by atoms with Crippen LogP contribution in [-0.4, -0.2) is 44.6 Å². The minimum atomic E-state index is -0.498. The Morgan fingerprint density at radius 3 is 2.26 bits per heavy atom. The molecule has 0 spiro atoms. The SMILES string of the molecule is Cc1nn(-c2ccccc2)c2c1C(C1CC1)N(C1CCN(Cc3c(F)cccc3F)CC1)C2=O. The van der Waals surface area contributed by atoms with Gasteiger partial charge >= 0.3 is 0 Å². The van der Waals surface area contributed by atoms with Gasteiger partial charge in [0.05, 0.1) is 17.4 Å². The monoisotopic (exact) mass is 462 g/mol. The highest BCUT2D eigenvalue weighted by atomic mass is 19.1. The van der Waals surface area contributed by atoms with Crippen molar-refractivity contribution in [2.75, 3.05) is 13.1 Å². The number of carbonyl (C=O) groups is 1. The maximum atomic E-state index is 14.1. The zero-order valence-corrected chi connectivity index (χ0v) is 19.3. The molecule has 1 aromatic heterocycles. The van der Waals surface area contributed by atoms with Crippen molar-refractivity contribution in [3.63, 3.8) is 0 Å². The number of rotatable bonds is 5. The van der Waals surface area contributed by atoms with Gasteiger partial charge in [-0.3, -0.25) is 9.69 Å². The molecular weight excluding hydrogens is 434 g/mol. The Hall–Kier alpha value is -3.06. The highest BCUT2D eigenvalue weighted by molar-refractivity contribution is 5.99. The first kappa shape index (κ1) is 21.5. The lowest BCUT2D eigenvalue weighted by atomic mass is 9.98. The number of amides is 1. The molecule has 2 aromatic carbocycles. The zero-order valence-electron chi connectivity index (χ0n) is 19.3. The van der Waals surface area contributed by atoms with Gasteiger partial charge in [0.25, 0.3) is 5.91 Å². The number of hydrogen-bond donors (Lipinski definition) is 0. The molecule has 3 aliphatic rings. The second-order valence-corrected chi connectivity index (χ2v) is 9.80. The molecule has 3 aromatic rings. The van der Waals surface area contributed by atoms with Crippen molar-refractivity contribution in [3.05, 3.63) is 82.7 Å². The maximum Gasteiger partial charge on any atom is 0.273 e. The number of carbonyl (C=O) groups excluding carboxylic acids is 1. The fraction of sp³-hybridized carbons (Fsp3) is 0.407. The van der Waals surface area contributed by atoms with Gasteiger partial charge < -0.3 is 4.90 Å². The molecule has 7 heteroatoms. The van der Waals surface area contributed by atoms with Crippen LogP contribution in [0.4, 0.5) is 8.78 Å². The highest BCUT2D eigenvalue weighted by Gasteiger charge is 2.51. The summed E-state index contributed by atoms with van der Waals surface area (Å²) in [5.41, 5.74) is 3.75. The van der Waals surface area contributed by atoms with E-state index in [1.165, 1.54) is 18.2 Å². The number of benzene rings is 2. The molecule has 1 saturated carbocycles. The Labute approximate surface area is 198 Å². The van der Waals surface area contributed by atoms with Gasteiger partial charge in [0, 0.05) is 36.8 Å². The minimum Gasteiger partial charge on any atom is -0.327 e. The summed E-state index contributed by atoms with van der Waals surface area (Å²) in [5.74, 6) is -0.443. The summed E-state index contributed by atoms with van der Waals surface area (Å²) in [6.45, 7) is 3.68. The van der Waals surface area contributed by atoms with Crippen molar-refractivity contribution in [3.8, 4) is 5.69 Å². The summed E-state index contributed by atoms with van der Waals surface area (Å²) in [6.07, 6.45) is 3.87. The lowest BCUT2D eigenvalue weighted by Gasteiger charge is -2.40.